The maximum atomic E-state index is 13.0. The van der Waals surface area contributed by atoms with Gasteiger partial charge in [0.15, 0.2) is 4.90 Å². The number of nitro benzene ring substituents is 1. The van der Waals surface area contributed by atoms with E-state index in [0.29, 0.717) is 25.2 Å². The Labute approximate surface area is 178 Å². The smallest absolute Gasteiger partial charge is 0.336 e. The van der Waals surface area contributed by atoms with Gasteiger partial charge in [0.2, 0.25) is 10.0 Å². The fourth-order valence-electron chi connectivity index (χ4n) is 3.80. The number of nitrogens with zero attached hydrogens (tertiary/aromatic N) is 3. The number of benzene rings is 2. The molecule has 1 aromatic heterocycles. The Bertz CT molecular complexity index is 1310. The van der Waals surface area contributed by atoms with Crippen molar-refractivity contribution in [2.45, 2.75) is 18.4 Å². The zero-order valence-corrected chi connectivity index (χ0v) is 17.7. The zero-order chi connectivity index (χ0) is 22.2. The van der Waals surface area contributed by atoms with E-state index in [2.05, 4.69) is 4.90 Å². The van der Waals surface area contributed by atoms with Gasteiger partial charge in [0.05, 0.1) is 4.92 Å². The van der Waals surface area contributed by atoms with Crippen LogP contribution in [0.2, 0.25) is 0 Å². The van der Waals surface area contributed by atoms with Crippen molar-refractivity contribution >= 4 is 26.7 Å². The minimum absolute atomic E-state index is 0.201. The van der Waals surface area contributed by atoms with E-state index < -0.39 is 26.3 Å². The number of fused-ring (bicyclic) bond motifs is 1. The lowest BCUT2D eigenvalue weighted by Crippen LogP contribution is -2.48. The molecule has 10 heteroatoms. The second kappa shape index (κ2) is 8.22. The number of rotatable bonds is 5. The number of piperazine rings is 1. The average Bonchev–Trinajstić information content (AvgIpc) is 2.73. The first-order valence-electron chi connectivity index (χ1n) is 9.75. The monoisotopic (exact) mass is 443 g/mol. The van der Waals surface area contributed by atoms with Crippen molar-refractivity contribution in [3.05, 3.63) is 80.2 Å². The number of para-hydroxylation sites is 1. The number of hydrogen-bond donors (Lipinski definition) is 0. The summed E-state index contributed by atoms with van der Waals surface area (Å²) < 4.78 is 32.5. The summed E-state index contributed by atoms with van der Waals surface area (Å²) in [5.41, 5.74) is 1.48. The van der Waals surface area contributed by atoms with E-state index >= 15 is 0 Å². The van der Waals surface area contributed by atoms with E-state index in [1.54, 1.807) is 0 Å². The Morgan fingerprint density at radius 1 is 1.06 bits per heavy atom. The summed E-state index contributed by atoms with van der Waals surface area (Å²) >= 11 is 0. The first-order valence-corrected chi connectivity index (χ1v) is 11.2. The molecule has 0 spiro atoms. The van der Waals surface area contributed by atoms with Gasteiger partial charge in [-0.15, -0.1) is 0 Å². The van der Waals surface area contributed by atoms with E-state index in [4.69, 9.17) is 4.42 Å². The van der Waals surface area contributed by atoms with Gasteiger partial charge in [-0.05, 0) is 30.2 Å². The van der Waals surface area contributed by atoms with Crippen molar-refractivity contribution in [1.82, 2.24) is 9.21 Å². The fraction of sp³-hybridized carbons (Fsp3) is 0.286. The van der Waals surface area contributed by atoms with Crippen molar-refractivity contribution in [3.8, 4) is 0 Å². The van der Waals surface area contributed by atoms with Crippen molar-refractivity contribution in [2.24, 2.45) is 0 Å². The third-order valence-electron chi connectivity index (χ3n) is 5.39. The molecule has 0 aliphatic carbocycles. The highest BCUT2D eigenvalue weighted by atomic mass is 32.2. The summed E-state index contributed by atoms with van der Waals surface area (Å²) in [5, 5.41) is 12.1. The normalized spacial score (nSPS) is 15.9. The minimum Gasteiger partial charge on any atom is -0.423 e. The standard InChI is InChI=1S/C21H21N3O6S/c1-15-6-7-17-16(13-21(25)30-19(17)12-15)14-22-8-10-23(11-9-22)31(28,29)20-5-3-2-4-18(20)24(26)27/h2-7,12-13H,8-11,14H2,1H3. The van der Waals surface area contributed by atoms with Crippen LogP contribution in [0, 0.1) is 17.0 Å². The van der Waals surface area contributed by atoms with Crippen LogP contribution in [0.25, 0.3) is 11.0 Å². The van der Waals surface area contributed by atoms with Gasteiger partial charge >= 0.3 is 5.63 Å². The lowest BCUT2D eigenvalue weighted by Gasteiger charge is -2.34. The van der Waals surface area contributed by atoms with Crippen LogP contribution in [0.4, 0.5) is 5.69 Å². The second-order valence-electron chi connectivity index (χ2n) is 7.50. The second-order valence-corrected chi connectivity index (χ2v) is 9.40. The molecule has 0 N–H and O–H groups in total. The van der Waals surface area contributed by atoms with Gasteiger partial charge in [-0.2, -0.15) is 4.31 Å². The SMILES string of the molecule is Cc1ccc2c(CN3CCN(S(=O)(=O)c4ccccc4[N+](=O)[O-])CC3)cc(=O)oc2c1. The van der Waals surface area contributed by atoms with Crippen molar-refractivity contribution in [2.75, 3.05) is 26.2 Å². The fourth-order valence-corrected chi connectivity index (χ4v) is 5.38. The molecule has 4 rings (SSSR count). The first-order chi connectivity index (χ1) is 14.8. The molecule has 2 heterocycles. The van der Waals surface area contributed by atoms with Crippen LogP contribution in [0.15, 0.2) is 62.6 Å². The lowest BCUT2D eigenvalue weighted by atomic mass is 10.1. The van der Waals surface area contributed by atoms with Gasteiger partial charge in [-0.1, -0.05) is 24.3 Å². The van der Waals surface area contributed by atoms with Crippen molar-refractivity contribution in [1.29, 1.82) is 0 Å². The van der Waals surface area contributed by atoms with Crippen LogP contribution in [-0.2, 0) is 16.6 Å². The highest BCUT2D eigenvalue weighted by molar-refractivity contribution is 7.89. The summed E-state index contributed by atoms with van der Waals surface area (Å²) in [7, 11) is -3.98. The van der Waals surface area contributed by atoms with E-state index in [9.17, 15) is 23.3 Å². The molecule has 0 amide bonds. The largest absolute Gasteiger partial charge is 0.423 e. The molecule has 0 atom stereocenters. The number of aryl methyl sites for hydroxylation is 1. The molecule has 0 bridgehead atoms. The van der Waals surface area contributed by atoms with Crippen LogP contribution in [0.5, 0.6) is 0 Å². The summed E-state index contributed by atoms with van der Waals surface area (Å²) in [4.78, 5) is 24.3. The van der Waals surface area contributed by atoms with E-state index in [-0.39, 0.29) is 18.0 Å². The molecule has 0 unspecified atom stereocenters. The number of sulfonamides is 1. The average molecular weight is 443 g/mol. The summed E-state index contributed by atoms with van der Waals surface area (Å²) in [6.07, 6.45) is 0. The van der Waals surface area contributed by atoms with Crippen LogP contribution in [0.3, 0.4) is 0 Å². The van der Waals surface area contributed by atoms with Gasteiger partial charge < -0.3 is 4.42 Å². The molecule has 162 valence electrons. The molecule has 1 fully saturated rings. The van der Waals surface area contributed by atoms with E-state index in [1.807, 2.05) is 25.1 Å². The maximum Gasteiger partial charge on any atom is 0.336 e. The predicted molar refractivity (Wildman–Crippen MR) is 114 cm³/mol. The third kappa shape index (κ3) is 4.22. The Kier molecular flexibility index (Phi) is 5.61. The first kappa shape index (κ1) is 21.2. The highest BCUT2D eigenvalue weighted by Crippen LogP contribution is 2.27. The quantitative estimate of drug-likeness (QED) is 0.338. The van der Waals surface area contributed by atoms with Crippen LogP contribution >= 0.6 is 0 Å². The lowest BCUT2D eigenvalue weighted by molar-refractivity contribution is -0.387. The molecule has 1 aliphatic heterocycles. The van der Waals surface area contributed by atoms with Gasteiger partial charge in [0.1, 0.15) is 5.58 Å². The molecular weight excluding hydrogens is 422 g/mol. The summed E-state index contributed by atoms with van der Waals surface area (Å²) in [6, 6.07) is 12.5. The topological polar surface area (TPSA) is 114 Å². The Morgan fingerprint density at radius 2 is 1.77 bits per heavy atom. The zero-order valence-electron chi connectivity index (χ0n) is 16.9. The van der Waals surface area contributed by atoms with E-state index in [0.717, 1.165) is 16.5 Å². The molecule has 3 aromatic rings. The number of hydrogen-bond acceptors (Lipinski definition) is 7. The van der Waals surface area contributed by atoms with Crippen LogP contribution in [-0.4, -0.2) is 48.7 Å². The Hall–Kier alpha value is -3.08. The molecule has 0 saturated carbocycles. The molecule has 9 nitrogen and oxygen atoms in total. The van der Waals surface area contributed by atoms with Crippen molar-refractivity contribution < 1.29 is 17.8 Å². The Morgan fingerprint density at radius 3 is 2.48 bits per heavy atom. The van der Waals surface area contributed by atoms with Gasteiger partial charge in [0, 0.05) is 50.2 Å². The Balaban J connectivity index is 1.52. The molecule has 1 saturated heterocycles. The van der Waals surface area contributed by atoms with Crippen LogP contribution < -0.4 is 5.63 Å². The summed E-state index contributed by atoms with van der Waals surface area (Å²) in [5.74, 6) is 0. The van der Waals surface area contributed by atoms with Gasteiger partial charge in [0.25, 0.3) is 5.69 Å². The van der Waals surface area contributed by atoms with Gasteiger partial charge in [-0.3, -0.25) is 15.0 Å². The van der Waals surface area contributed by atoms with Crippen LogP contribution in [0.1, 0.15) is 11.1 Å². The molecule has 1 aliphatic rings. The third-order valence-corrected chi connectivity index (χ3v) is 7.34. The molecule has 2 aromatic carbocycles. The number of nitro groups is 1. The molecule has 31 heavy (non-hydrogen) atoms. The maximum absolute atomic E-state index is 13.0. The molecule has 0 radical (unpaired) electrons. The van der Waals surface area contributed by atoms with Crippen molar-refractivity contribution in [3.63, 3.8) is 0 Å². The highest BCUT2D eigenvalue weighted by Gasteiger charge is 2.33. The van der Waals surface area contributed by atoms with Gasteiger partial charge in [-0.25, -0.2) is 13.2 Å². The van der Waals surface area contributed by atoms with E-state index in [1.165, 1.54) is 34.6 Å². The molecular formula is C21H21N3O6S. The summed E-state index contributed by atoms with van der Waals surface area (Å²) in [6.45, 7) is 3.67. The predicted octanol–water partition coefficient (Wildman–Crippen LogP) is 2.52. The minimum atomic E-state index is -3.98.